The lowest BCUT2D eigenvalue weighted by atomic mass is 10.0. The van der Waals surface area contributed by atoms with Crippen molar-refractivity contribution in [1.82, 2.24) is 10.2 Å². The minimum absolute atomic E-state index is 0.120. The molecule has 0 unspecified atom stereocenters. The first kappa shape index (κ1) is 19.0. The number of benzene rings is 2. The second kappa shape index (κ2) is 8.73. The van der Waals surface area contributed by atoms with Crippen LogP contribution in [0.15, 0.2) is 58.2 Å². The van der Waals surface area contributed by atoms with E-state index in [1.807, 2.05) is 48.5 Å². The molecule has 3 aromatic rings. The summed E-state index contributed by atoms with van der Waals surface area (Å²) in [6.45, 7) is 4.24. The van der Waals surface area contributed by atoms with Crippen molar-refractivity contribution in [2.24, 2.45) is 0 Å². The molecule has 0 fully saturated rings. The predicted molar refractivity (Wildman–Crippen MR) is 106 cm³/mol. The molecule has 1 N–H and O–H groups in total. The zero-order chi connectivity index (χ0) is 19.2. The van der Waals surface area contributed by atoms with Gasteiger partial charge in [0.05, 0.1) is 12.9 Å². The Morgan fingerprint density at radius 3 is 2.67 bits per heavy atom. The Hall–Kier alpha value is -2.80. The van der Waals surface area contributed by atoms with Gasteiger partial charge in [0.15, 0.2) is 0 Å². The number of methoxy groups -OCH3 is 1. The minimum atomic E-state index is -0.120. The number of rotatable bonds is 7. The first-order valence-corrected chi connectivity index (χ1v) is 9.54. The van der Waals surface area contributed by atoms with Crippen molar-refractivity contribution in [2.45, 2.75) is 25.0 Å². The van der Waals surface area contributed by atoms with E-state index in [-0.39, 0.29) is 11.7 Å². The highest BCUT2D eigenvalue weighted by atomic mass is 32.2. The number of hydrogen-bond donors (Lipinski definition) is 1. The van der Waals surface area contributed by atoms with Gasteiger partial charge in [-0.05, 0) is 47.9 Å². The van der Waals surface area contributed by atoms with Crippen LogP contribution in [-0.2, 0) is 4.79 Å². The van der Waals surface area contributed by atoms with Gasteiger partial charge in [-0.3, -0.25) is 4.79 Å². The van der Waals surface area contributed by atoms with Gasteiger partial charge >= 0.3 is 0 Å². The fourth-order valence-electron chi connectivity index (χ4n) is 2.42. The van der Waals surface area contributed by atoms with Crippen molar-refractivity contribution in [3.63, 3.8) is 0 Å². The summed E-state index contributed by atoms with van der Waals surface area (Å²) in [5.74, 6) is 1.64. The lowest BCUT2D eigenvalue weighted by molar-refractivity contribution is -0.113. The fourth-order valence-corrected chi connectivity index (χ4v) is 2.98. The maximum absolute atomic E-state index is 12.2. The highest BCUT2D eigenvalue weighted by molar-refractivity contribution is 7.99. The van der Waals surface area contributed by atoms with Gasteiger partial charge in [0.1, 0.15) is 5.75 Å². The summed E-state index contributed by atoms with van der Waals surface area (Å²) in [4.78, 5) is 12.2. The number of ether oxygens (including phenoxy) is 1. The Morgan fingerprint density at radius 2 is 1.96 bits per heavy atom. The van der Waals surface area contributed by atoms with E-state index >= 15 is 0 Å². The van der Waals surface area contributed by atoms with Crippen molar-refractivity contribution in [3.05, 3.63) is 54.1 Å². The van der Waals surface area contributed by atoms with Crippen LogP contribution in [0.1, 0.15) is 25.3 Å². The Kier molecular flexibility index (Phi) is 6.13. The molecule has 1 aromatic heterocycles. The van der Waals surface area contributed by atoms with Crippen LogP contribution in [0.3, 0.4) is 0 Å². The van der Waals surface area contributed by atoms with Crippen LogP contribution in [-0.4, -0.2) is 29.0 Å². The molecule has 27 heavy (non-hydrogen) atoms. The molecule has 0 saturated heterocycles. The van der Waals surface area contributed by atoms with Crippen LogP contribution in [0.5, 0.6) is 5.75 Å². The van der Waals surface area contributed by atoms with Crippen LogP contribution in [0.2, 0.25) is 0 Å². The van der Waals surface area contributed by atoms with Crippen molar-refractivity contribution in [2.75, 3.05) is 18.2 Å². The van der Waals surface area contributed by atoms with E-state index in [9.17, 15) is 4.79 Å². The molecule has 0 aliphatic rings. The standard InChI is InChI=1S/C20H21N3O3S/c1-13(2)15-5-4-6-16(11-15)21-18(24)12-27-20-23-22-19(26-20)14-7-9-17(25-3)10-8-14/h4-11,13H,12H2,1-3H3,(H,21,24). The summed E-state index contributed by atoms with van der Waals surface area (Å²) in [5.41, 5.74) is 2.77. The quantitative estimate of drug-likeness (QED) is 0.601. The molecule has 140 valence electrons. The molecule has 0 atom stereocenters. The average Bonchev–Trinajstić information content (AvgIpc) is 3.16. The number of nitrogens with zero attached hydrogens (tertiary/aromatic N) is 2. The topological polar surface area (TPSA) is 77.2 Å². The monoisotopic (exact) mass is 383 g/mol. The number of hydrogen-bond acceptors (Lipinski definition) is 6. The summed E-state index contributed by atoms with van der Waals surface area (Å²) < 4.78 is 10.7. The first-order chi connectivity index (χ1) is 13.0. The molecule has 0 bridgehead atoms. The van der Waals surface area contributed by atoms with E-state index < -0.39 is 0 Å². The summed E-state index contributed by atoms with van der Waals surface area (Å²) in [5, 5.41) is 11.3. The van der Waals surface area contributed by atoms with Crippen molar-refractivity contribution < 1.29 is 13.9 Å². The van der Waals surface area contributed by atoms with E-state index in [1.165, 1.54) is 17.3 Å². The van der Waals surface area contributed by atoms with Gasteiger partial charge in [0.25, 0.3) is 5.22 Å². The van der Waals surface area contributed by atoms with Gasteiger partial charge in [-0.1, -0.05) is 37.7 Å². The lowest BCUT2D eigenvalue weighted by Crippen LogP contribution is -2.14. The normalized spacial score (nSPS) is 10.8. The Balaban J connectivity index is 1.56. The van der Waals surface area contributed by atoms with E-state index in [0.29, 0.717) is 17.0 Å². The fraction of sp³-hybridized carbons (Fsp3) is 0.250. The zero-order valence-corrected chi connectivity index (χ0v) is 16.2. The third-order valence-electron chi connectivity index (χ3n) is 3.91. The molecule has 0 radical (unpaired) electrons. The Bertz CT molecular complexity index is 907. The molecule has 2 aromatic carbocycles. The minimum Gasteiger partial charge on any atom is -0.497 e. The second-order valence-electron chi connectivity index (χ2n) is 6.22. The molecular formula is C20H21N3O3S. The second-order valence-corrected chi connectivity index (χ2v) is 7.15. The molecule has 0 aliphatic carbocycles. The van der Waals surface area contributed by atoms with Gasteiger partial charge in [-0.25, -0.2) is 0 Å². The Morgan fingerprint density at radius 1 is 1.19 bits per heavy atom. The van der Waals surface area contributed by atoms with E-state index in [1.54, 1.807) is 7.11 Å². The summed E-state index contributed by atoms with van der Waals surface area (Å²) >= 11 is 1.20. The van der Waals surface area contributed by atoms with Crippen LogP contribution in [0, 0.1) is 0 Å². The SMILES string of the molecule is COc1ccc(-c2nnc(SCC(=O)Nc3cccc(C(C)C)c3)o2)cc1. The molecule has 6 nitrogen and oxygen atoms in total. The number of aromatic nitrogens is 2. The number of amides is 1. The largest absolute Gasteiger partial charge is 0.497 e. The molecule has 1 amide bonds. The summed E-state index contributed by atoms with van der Waals surface area (Å²) in [6.07, 6.45) is 0. The molecule has 0 spiro atoms. The van der Waals surface area contributed by atoms with Gasteiger partial charge < -0.3 is 14.5 Å². The van der Waals surface area contributed by atoms with Gasteiger partial charge in [0, 0.05) is 11.3 Å². The van der Waals surface area contributed by atoms with Crippen LogP contribution in [0.4, 0.5) is 5.69 Å². The maximum atomic E-state index is 12.2. The predicted octanol–water partition coefficient (Wildman–Crippen LogP) is 4.60. The molecule has 0 saturated carbocycles. The van der Waals surface area contributed by atoms with Crippen LogP contribution in [0.25, 0.3) is 11.5 Å². The van der Waals surface area contributed by atoms with Crippen molar-refractivity contribution in [3.8, 4) is 17.2 Å². The smallest absolute Gasteiger partial charge is 0.277 e. The third kappa shape index (κ3) is 5.10. The van der Waals surface area contributed by atoms with Crippen molar-refractivity contribution >= 4 is 23.4 Å². The van der Waals surface area contributed by atoms with Crippen molar-refractivity contribution in [1.29, 1.82) is 0 Å². The number of nitrogens with one attached hydrogen (secondary N) is 1. The zero-order valence-electron chi connectivity index (χ0n) is 15.4. The molecular weight excluding hydrogens is 362 g/mol. The van der Waals surface area contributed by atoms with Crippen LogP contribution >= 0.6 is 11.8 Å². The molecule has 0 aliphatic heterocycles. The first-order valence-electron chi connectivity index (χ1n) is 8.55. The molecule has 1 heterocycles. The number of carbonyl (C=O) groups is 1. The average molecular weight is 383 g/mol. The van der Waals surface area contributed by atoms with E-state index in [4.69, 9.17) is 9.15 Å². The van der Waals surface area contributed by atoms with Gasteiger partial charge in [-0.15, -0.1) is 10.2 Å². The number of thioether (sulfide) groups is 1. The number of anilines is 1. The number of carbonyl (C=O) groups excluding carboxylic acids is 1. The van der Waals surface area contributed by atoms with Gasteiger partial charge in [-0.2, -0.15) is 0 Å². The Labute approximate surface area is 162 Å². The third-order valence-corrected chi connectivity index (χ3v) is 4.73. The molecule has 3 rings (SSSR count). The molecule has 7 heteroatoms. The highest BCUT2D eigenvalue weighted by Crippen LogP contribution is 2.25. The van der Waals surface area contributed by atoms with Gasteiger partial charge in [0.2, 0.25) is 11.8 Å². The van der Waals surface area contributed by atoms with E-state index in [0.717, 1.165) is 17.0 Å². The van der Waals surface area contributed by atoms with E-state index in [2.05, 4.69) is 29.4 Å². The summed E-state index contributed by atoms with van der Waals surface area (Å²) in [7, 11) is 1.61. The summed E-state index contributed by atoms with van der Waals surface area (Å²) in [6, 6.07) is 15.2. The lowest BCUT2D eigenvalue weighted by Gasteiger charge is -2.09. The maximum Gasteiger partial charge on any atom is 0.277 e. The highest BCUT2D eigenvalue weighted by Gasteiger charge is 2.12. The van der Waals surface area contributed by atoms with Crippen LogP contribution < -0.4 is 10.1 Å².